The van der Waals surface area contributed by atoms with Crippen LogP contribution < -0.4 is 10.4 Å². The molecule has 0 amide bonds. The van der Waals surface area contributed by atoms with Crippen LogP contribution in [0.5, 0.6) is 0 Å². The molecule has 0 heterocycles. The molecule has 1 radical (unpaired) electrons. The molecule has 223 valence electrons. The minimum atomic E-state index is -0.129. The van der Waals surface area contributed by atoms with Gasteiger partial charge in [0.2, 0.25) is 0 Å². The SMILES string of the molecule is CC1=CC(c2c(C(C)(C)C)c(=C(c3ccccc3)c3ccccc3)cc3c2=[C]c2cc(C(C)(C)C)ccc2-3)c2cc(C)ccc21. The second-order valence-corrected chi connectivity index (χ2v) is 15.0. The van der Waals surface area contributed by atoms with Crippen LogP contribution in [0.1, 0.15) is 104 Å². The first-order chi connectivity index (χ1) is 21.4. The van der Waals surface area contributed by atoms with E-state index in [-0.39, 0.29) is 16.7 Å². The summed E-state index contributed by atoms with van der Waals surface area (Å²) in [5, 5.41) is 2.57. The van der Waals surface area contributed by atoms with Gasteiger partial charge in [0, 0.05) is 5.92 Å². The van der Waals surface area contributed by atoms with E-state index >= 15 is 0 Å². The number of benzene rings is 5. The van der Waals surface area contributed by atoms with Gasteiger partial charge in [0.25, 0.3) is 0 Å². The molecule has 2 aliphatic rings. The van der Waals surface area contributed by atoms with E-state index < -0.39 is 0 Å². The molecule has 7 rings (SSSR count). The third-order valence-electron chi connectivity index (χ3n) is 9.64. The molecule has 0 nitrogen and oxygen atoms in total. The normalized spacial score (nSPS) is 15.2. The average Bonchev–Trinajstić information content (AvgIpc) is 3.53. The van der Waals surface area contributed by atoms with E-state index in [1.807, 2.05) is 0 Å². The molecule has 45 heavy (non-hydrogen) atoms. The van der Waals surface area contributed by atoms with Gasteiger partial charge in [0.15, 0.2) is 0 Å². The predicted octanol–water partition coefficient (Wildman–Crippen LogP) is 10.1. The molecule has 0 N–H and O–H groups in total. The zero-order valence-corrected chi connectivity index (χ0v) is 28.0. The largest absolute Gasteiger partial charge is 0.0690 e. The fourth-order valence-electron chi connectivity index (χ4n) is 7.51. The standard InChI is InChI=1S/C45H43/c1-28-19-21-34-29(2)24-38(36(34)23-28)42-39-26-32-25-33(44(3,4)5)20-22-35(32)37(39)27-40(43(42)45(6,7)8)41(30-15-11-9-12-16-30)31-17-13-10-14-18-31/h9-25,27,38H,1-8H3. The maximum atomic E-state index is 4.02. The van der Waals surface area contributed by atoms with Gasteiger partial charge in [0.1, 0.15) is 0 Å². The summed E-state index contributed by atoms with van der Waals surface area (Å²) in [6.45, 7) is 18.5. The highest BCUT2D eigenvalue weighted by Gasteiger charge is 2.33. The van der Waals surface area contributed by atoms with Crippen molar-refractivity contribution < 1.29 is 0 Å². The summed E-state index contributed by atoms with van der Waals surface area (Å²) < 4.78 is 0. The quantitative estimate of drug-likeness (QED) is 0.194. The summed E-state index contributed by atoms with van der Waals surface area (Å²) in [7, 11) is 0. The summed E-state index contributed by atoms with van der Waals surface area (Å²) in [5.74, 6) is 0.152. The van der Waals surface area contributed by atoms with Crippen molar-refractivity contribution in [1.29, 1.82) is 0 Å². The molecule has 0 bridgehead atoms. The average molecular weight is 584 g/mol. The molecule has 0 fully saturated rings. The minimum Gasteiger partial charge on any atom is -0.0690 e. The lowest BCUT2D eigenvalue weighted by Crippen LogP contribution is -2.34. The Labute approximate surface area is 269 Å². The number of fused-ring (bicyclic) bond motifs is 4. The van der Waals surface area contributed by atoms with Crippen molar-refractivity contribution in [1.82, 2.24) is 0 Å². The van der Waals surface area contributed by atoms with E-state index in [1.165, 1.54) is 82.8 Å². The van der Waals surface area contributed by atoms with Crippen LogP contribution in [0, 0.1) is 6.92 Å². The number of aryl methyl sites for hydroxylation is 1. The Balaban J connectivity index is 1.70. The topological polar surface area (TPSA) is 0 Å². The van der Waals surface area contributed by atoms with Crippen molar-refractivity contribution in [2.45, 2.75) is 72.1 Å². The van der Waals surface area contributed by atoms with Crippen molar-refractivity contribution in [3.05, 3.63) is 170 Å². The summed E-state index contributed by atoms with van der Waals surface area (Å²) in [5.41, 5.74) is 17.1. The fraction of sp³-hybridized carbons (Fsp3) is 0.244. The molecule has 0 aliphatic heterocycles. The monoisotopic (exact) mass is 583 g/mol. The first kappa shape index (κ1) is 29.3. The van der Waals surface area contributed by atoms with Gasteiger partial charge in [-0.3, -0.25) is 0 Å². The zero-order chi connectivity index (χ0) is 31.7. The van der Waals surface area contributed by atoms with Crippen LogP contribution in [-0.4, -0.2) is 0 Å². The maximum Gasteiger partial charge on any atom is 0.0291 e. The van der Waals surface area contributed by atoms with Gasteiger partial charge in [-0.25, -0.2) is 0 Å². The Morgan fingerprint density at radius 3 is 1.84 bits per heavy atom. The van der Waals surface area contributed by atoms with Gasteiger partial charge in [-0.15, -0.1) is 0 Å². The molecule has 0 aromatic heterocycles. The Hall–Kier alpha value is -4.42. The van der Waals surface area contributed by atoms with Gasteiger partial charge in [0.05, 0.1) is 0 Å². The minimum absolute atomic E-state index is 0.0688. The number of hydrogen-bond donors (Lipinski definition) is 0. The van der Waals surface area contributed by atoms with Crippen LogP contribution in [0.15, 0.2) is 109 Å². The summed E-state index contributed by atoms with van der Waals surface area (Å²) >= 11 is 0. The molecule has 1 unspecified atom stereocenters. The molecule has 5 aromatic rings. The van der Waals surface area contributed by atoms with E-state index in [4.69, 9.17) is 0 Å². The van der Waals surface area contributed by atoms with Crippen molar-refractivity contribution in [3.8, 4) is 11.1 Å². The molecular weight excluding hydrogens is 540 g/mol. The molecule has 0 heteroatoms. The van der Waals surface area contributed by atoms with Gasteiger partial charge in [-0.2, -0.15) is 0 Å². The molecule has 0 saturated carbocycles. The first-order valence-electron chi connectivity index (χ1n) is 16.3. The molecular formula is C45H43. The van der Waals surface area contributed by atoms with Crippen molar-refractivity contribution >= 4 is 17.2 Å². The van der Waals surface area contributed by atoms with E-state index in [9.17, 15) is 0 Å². The second-order valence-electron chi connectivity index (χ2n) is 15.0. The van der Waals surface area contributed by atoms with Crippen LogP contribution in [0.3, 0.4) is 0 Å². The molecule has 0 spiro atoms. The van der Waals surface area contributed by atoms with Crippen LogP contribution >= 0.6 is 0 Å². The lowest BCUT2D eigenvalue weighted by Gasteiger charge is -2.29. The number of allylic oxidation sites excluding steroid dienone is 2. The third kappa shape index (κ3) is 5.01. The number of rotatable bonds is 3. The third-order valence-corrected chi connectivity index (χ3v) is 9.64. The Kier molecular flexibility index (Phi) is 6.90. The van der Waals surface area contributed by atoms with Gasteiger partial charge in [-0.05, 0) is 120 Å². The lowest BCUT2D eigenvalue weighted by molar-refractivity contribution is 0.576. The van der Waals surface area contributed by atoms with E-state index in [2.05, 4.69) is 171 Å². The predicted molar refractivity (Wildman–Crippen MR) is 192 cm³/mol. The van der Waals surface area contributed by atoms with Crippen LogP contribution in [-0.2, 0) is 10.8 Å². The number of hydrogen-bond acceptors (Lipinski definition) is 0. The second kappa shape index (κ2) is 10.6. The summed E-state index contributed by atoms with van der Waals surface area (Å²) in [6.07, 6.45) is 6.52. The Morgan fingerprint density at radius 2 is 1.24 bits per heavy atom. The van der Waals surface area contributed by atoms with Gasteiger partial charge < -0.3 is 0 Å². The van der Waals surface area contributed by atoms with E-state index in [0.29, 0.717) is 0 Å². The van der Waals surface area contributed by atoms with E-state index in [1.54, 1.807) is 0 Å². The van der Waals surface area contributed by atoms with Gasteiger partial charge in [-0.1, -0.05) is 144 Å². The van der Waals surface area contributed by atoms with Crippen LogP contribution in [0.25, 0.3) is 28.3 Å². The Morgan fingerprint density at radius 1 is 0.622 bits per heavy atom. The maximum absolute atomic E-state index is 4.02. The van der Waals surface area contributed by atoms with E-state index in [0.717, 1.165) is 0 Å². The summed E-state index contributed by atoms with van der Waals surface area (Å²) in [6, 6.07) is 38.5. The molecule has 0 saturated heterocycles. The molecule has 2 aliphatic carbocycles. The highest BCUT2D eigenvalue weighted by atomic mass is 14.4. The highest BCUT2D eigenvalue weighted by molar-refractivity contribution is 5.88. The first-order valence-corrected chi connectivity index (χ1v) is 16.3. The van der Waals surface area contributed by atoms with Crippen molar-refractivity contribution in [3.63, 3.8) is 0 Å². The fourth-order valence-corrected chi connectivity index (χ4v) is 7.51. The zero-order valence-electron chi connectivity index (χ0n) is 28.0. The molecule has 1 atom stereocenters. The summed E-state index contributed by atoms with van der Waals surface area (Å²) in [4.78, 5) is 0. The van der Waals surface area contributed by atoms with Crippen LogP contribution in [0.4, 0.5) is 0 Å². The van der Waals surface area contributed by atoms with Crippen molar-refractivity contribution in [2.24, 2.45) is 0 Å². The van der Waals surface area contributed by atoms with Gasteiger partial charge >= 0.3 is 0 Å². The lowest BCUT2D eigenvalue weighted by atomic mass is 9.74. The Bertz CT molecular complexity index is 2070. The van der Waals surface area contributed by atoms with Crippen LogP contribution in [0.2, 0.25) is 0 Å². The smallest absolute Gasteiger partial charge is 0.0291 e. The van der Waals surface area contributed by atoms with Crippen molar-refractivity contribution in [2.75, 3.05) is 0 Å². The molecule has 5 aromatic carbocycles. The highest BCUT2D eigenvalue weighted by Crippen LogP contribution is 2.44.